The lowest BCUT2D eigenvalue weighted by Crippen LogP contribution is -2.30. The van der Waals surface area contributed by atoms with E-state index in [1.807, 2.05) is 56.3 Å². The van der Waals surface area contributed by atoms with Gasteiger partial charge in [-0.2, -0.15) is 0 Å². The van der Waals surface area contributed by atoms with Crippen molar-refractivity contribution in [3.05, 3.63) is 65.7 Å². The van der Waals surface area contributed by atoms with Gasteiger partial charge in [0.05, 0.1) is 12.0 Å². The zero-order chi connectivity index (χ0) is 17.5. The number of hydrogen-bond acceptors (Lipinski definition) is 3. The summed E-state index contributed by atoms with van der Waals surface area (Å²) in [5, 5.41) is 11.6. The van der Waals surface area contributed by atoms with E-state index in [9.17, 15) is 9.59 Å². The van der Waals surface area contributed by atoms with Crippen LogP contribution in [0.15, 0.2) is 54.6 Å². The van der Waals surface area contributed by atoms with Crippen LogP contribution in [0.3, 0.4) is 0 Å². The predicted molar refractivity (Wildman–Crippen MR) is 91.0 cm³/mol. The largest absolute Gasteiger partial charge is 0.482 e. The van der Waals surface area contributed by atoms with Crippen LogP contribution >= 0.6 is 0 Å². The number of benzene rings is 2. The minimum atomic E-state index is -1.02. The van der Waals surface area contributed by atoms with Crippen LogP contribution in [-0.2, 0) is 9.59 Å². The second kappa shape index (κ2) is 8.15. The molecule has 0 aromatic heterocycles. The Hall–Kier alpha value is -2.82. The molecule has 2 atom stereocenters. The fourth-order valence-electron chi connectivity index (χ4n) is 2.31. The fraction of sp³-hybridized carbons (Fsp3) is 0.263. The third-order valence-corrected chi connectivity index (χ3v) is 3.79. The molecule has 2 rings (SSSR count). The Morgan fingerprint density at radius 3 is 2.21 bits per heavy atom. The van der Waals surface area contributed by atoms with Gasteiger partial charge in [-0.1, -0.05) is 42.5 Å². The number of amides is 1. The van der Waals surface area contributed by atoms with Crippen molar-refractivity contribution in [3.63, 3.8) is 0 Å². The molecule has 0 saturated carbocycles. The Morgan fingerprint density at radius 2 is 1.62 bits per heavy atom. The van der Waals surface area contributed by atoms with E-state index in [1.165, 1.54) is 0 Å². The molecule has 0 aliphatic heterocycles. The summed E-state index contributed by atoms with van der Waals surface area (Å²) in [4.78, 5) is 22.8. The number of carbonyl (C=O) groups is 2. The number of aliphatic carboxylic acids is 1. The standard InChI is InChI=1S/C19H21NO4/c1-13(15-6-4-3-5-7-15)19(23)20-14(2)16-8-10-17(11-9-16)24-12-18(21)22/h3-11,13-14H,12H2,1-2H3,(H,20,23)(H,21,22)/t13-,14?/m1/s1. The van der Waals surface area contributed by atoms with E-state index in [0.29, 0.717) is 5.75 Å². The first-order valence-corrected chi connectivity index (χ1v) is 7.77. The maximum absolute atomic E-state index is 12.4. The first-order chi connectivity index (χ1) is 11.5. The van der Waals surface area contributed by atoms with Crippen molar-refractivity contribution in [1.82, 2.24) is 5.32 Å². The highest BCUT2D eigenvalue weighted by Crippen LogP contribution is 2.20. The van der Waals surface area contributed by atoms with E-state index in [-0.39, 0.29) is 24.5 Å². The Kier molecular flexibility index (Phi) is 5.95. The summed E-state index contributed by atoms with van der Waals surface area (Å²) in [6.07, 6.45) is 0. The molecule has 1 unspecified atom stereocenters. The maximum atomic E-state index is 12.4. The smallest absolute Gasteiger partial charge is 0.341 e. The Balaban J connectivity index is 1.95. The molecule has 2 N–H and O–H groups in total. The number of rotatable bonds is 7. The topological polar surface area (TPSA) is 75.6 Å². The predicted octanol–water partition coefficient (Wildman–Crippen LogP) is 3.13. The summed E-state index contributed by atoms with van der Waals surface area (Å²) in [6.45, 7) is 3.41. The Labute approximate surface area is 141 Å². The van der Waals surface area contributed by atoms with Crippen LogP contribution in [0.5, 0.6) is 5.75 Å². The van der Waals surface area contributed by atoms with Gasteiger partial charge in [-0.3, -0.25) is 4.79 Å². The quantitative estimate of drug-likeness (QED) is 0.819. The average Bonchev–Trinajstić information content (AvgIpc) is 2.60. The van der Waals surface area contributed by atoms with Crippen molar-refractivity contribution in [2.45, 2.75) is 25.8 Å². The molecule has 0 bridgehead atoms. The van der Waals surface area contributed by atoms with E-state index < -0.39 is 5.97 Å². The van der Waals surface area contributed by atoms with E-state index in [2.05, 4.69) is 5.32 Å². The summed E-state index contributed by atoms with van der Waals surface area (Å²) in [5.74, 6) is -0.807. The van der Waals surface area contributed by atoms with Crippen LogP contribution in [0.2, 0.25) is 0 Å². The van der Waals surface area contributed by atoms with Crippen LogP contribution < -0.4 is 10.1 Å². The molecule has 0 aliphatic carbocycles. The van der Waals surface area contributed by atoms with E-state index >= 15 is 0 Å². The maximum Gasteiger partial charge on any atom is 0.341 e. The molecule has 24 heavy (non-hydrogen) atoms. The van der Waals surface area contributed by atoms with Gasteiger partial charge in [-0.15, -0.1) is 0 Å². The zero-order valence-electron chi connectivity index (χ0n) is 13.7. The third-order valence-electron chi connectivity index (χ3n) is 3.79. The lowest BCUT2D eigenvalue weighted by molar-refractivity contribution is -0.139. The van der Waals surface area contributed by atoms with E-state index in [4.69, 9.17) is 9.84 Å². The van der Waals surface area contributed by atoms with Crippen LogP contribution in [0.25, 0.3) is 0 Å². The second-order valence-electron chi connectivity index (χ2n) is 5.61. The highest BCUT2D eigenvalue weighted by molar-refractivity contribution is 5.83. The minimum absolute atomic E-state index is 0.0418. The summed E-state index contributed by atoms with van der Waals surface area (Å²) >= 11 is 0. The van der Waals surface area contributed by atoms with Crippen LogP contribution in [-0.4, -0.2) is 23.6 Å². The highest BCUT2D eigenvalue weighted by atomic mass is 16.5. The molecule has 0 saturated heterocycles. The first kappa shape index (κ1) is 17.5. The normalized spacial score (nSPS) is 12.9. The van der Waals surface area contributed by atoms with Crippen molar-refractivity contribution in [2.24, 2.45) is 0 Å². The zero-order valence-corrected chi connectivity index (χ0v) is 13.7. The fourth-order valence-corrected chi connectivity index (χ4v) is 2.31. The van der Waals surface area contributed by atoms with Crippen LogP contribution in [0.4, 0.5) is 0 Å². The molecule has 2 aromatic carbocycles. The van der Waals surface area contributed by atoms with Crippen molar-refractivity contribution in [3.8, 4) is 5.75 Å². The molecule has 0 heterocycles. The number of ether oxygens (including phenoxy) is 1. The summed E-state index contributed by atoms with van der Waals surface area (Å²) < 4.78 is 5.09. The average molecular weight is 327 g/mol. The first-order valence-electron chi connectivity index (χ1n) is 7.77. The molecule has 2 aromatic rings. The molecule has 0 fully saturated rings. The number of carbonyl (C=O) groups excluding carboxylic acids is 1. The highest BCUT2D eigenvalue weighted by Gasteiger charge is 2.17. The van der Waals surface area contributed by atoms with E-state index in [1.54, 1.807) is 12.1 Å². The molecule has 126 valence electrons. The van der Waals surface area contributed by atoms with Gasteiger partial charge in [0.25, 0.3) is 0 Å². The molecule has 0 aliphatic rings. The van der Waals surface area contributed by atoms with Crippen LogP contribution in [0.1, 0.15) is 36.9 Å². The summed E-state index contributed by atoms with van der Waals surface area (Å²) in [7, 11) is 0. The second-order valence-corrected chi connectivity index (χ2v) is 5.61. The number of nitrogens with one attached hydrogen (secondary N) is 1. The number of hydrogen-bond donors (Lipinski definition) is 2. The lowest BCUT2D eigenvalue weighted by atomic mass is 9.99. The van der Waals surface area contributed by atoms with Crippen molar-refractivity contribution in [2.75, 3.05) is 6.61 Å². The van der Waals surface area contributed by atoms with Gasteiger partial charge in [0, 0.05) is 0 Å². The molecular weight excluding hydrogens is 306 g/mol. The van der Waals surface area contributed by atoms with Gasteiger partial charge < -0.3 is 15.2 Å². The van der Waals surface area contributed by atoms with Gasteiger partial charge in [-0.25, -0.2) is 4.79 Å². The van der Waals surface area contributed by atoms with Crippen LogP contribution in [0, 0.1) is 0 Å². The lowest BCUT2D eigenvalue weighted by Gasteiger charge is -2.18. The Morgan fingerprint density at radius 1 is 1.00 bits per heavy atom. The van der Waals surface area contributed by atoms with Crippen molar-refractivity contribution < 1.29 is 19.4 Å². The van der Waals surface area contributed by atoms with Gasteiger partial charge in [-0.05, 0) is 37.1 Å². The monoisotopic (exact) mass is 327 g/mol. The molecule has 1 amide bonds. The number of carboxylic acids is 1. The van der Waals surface area contributed by atoms with E-state index in [0.717, 1.165) is 11.1 Å². The summed E-state index contributed by atoms with van der Waals surface area (Å²) in [6, 6.07) is 16.5. The van der Waals surface area contributed by atoms with Crippen molar-refractivity contribution >= 4 is 11.9 Å². The third kappa shape index (κ3) is 4.84. The molecule has 5 heteroatoms. The number of carboxylic acid groups (broad SMARTS) is 1. The van der Waals surface area contributed by atoms with Gasteiger partial charge in [0.15, 0.2) is 6.61 Å². The minimum Gasteiger partial charge on any atom is -0.482 e. The summed E-state index contributed by atoms with van der Waals surface area (Å²) in [5.41, 5.74) is 1.89. The molecule has 0 radical (unpaired) electrons. The SMILES string of the molecule is CC(NC(=O)[C@H](C)c1ccccc1)c1ccc(OCC(=O)O)cc1. The van der Waals surface area contributed by atoms with Gasteiger partial charge in [0.2, 0.25) is 5.91 Å². The molecule has 5 nitrogen and oxygen atoms in total. The van der Waals surface area contributed by atoms with Gasteiger partial charge in [0.1, 0.15) is 5.75 Å². The van der Waals surface area contributed by atoms with Gasteiger partial charge >= 0.3 is 5.97 Å². The Bertz CT molecular complexity index is 682. The molecular formula is C19H21NO4. The molecule has 0 spiro atoms. The van der Waals surface area contributed by atoms with Crippen molar-refractivity contribution in [1.29, 1.82) is 0 Å².